The normalized spacial score (nSPS) is 10.9. The van der Waals surface area contributed by atoms with Gasteiger partial charge in [-0.2, -0.15) is 15.0 Å². The van der Waals surface area contributed by atoms with Crippen LogP contribution in [0.3, 0.4) is 0 Å². The molecule has 3 aromatic heterocycles. The second kappa shape index (κ2) is 5.17. The summed E-state index contributed by atoms with van der Waals surface area (Å²) in [5, 5.41) is 9.27. The number of rotatable bonds is 3. The lowest BCUT2D eigenvalue weighted by atomic mass is 10.7. The second-order valence-electron chi connectivity index (χ2n) is 3.85. The Morgan fingerprint density at radius 3 is 2.70 bits per heavy atom. The van der Waals surface area contributed by atoms with E-state index in [1.807, 2.05) is 18.5 Å². The first-order valence-corrected chi connectivity index (χ1v) is 6.76. The molecule has 0 aliphatic rings. The molecule has 0 saturated heterocycles. The van der Waals surface area contributed by atoms with Gasteiger partial charge in [0.1, 0.15) is 12.2 Å². The molecule has 0 N–H and O–H groups in total. The van der Waals surface area contributed by atoms with Crippen molar-refractivity contribution in [2.24, 2.45) is 7.05 Å². The molecule has 0 aliphatic heterocycles. The van der Waals surface area contributed by atoms with Crippen LogP contribution in [-0.4, -0.2) is 39.3 Å². The molecule has 0 amide bonds. The third-order valence-electron chi connectivity index (χ3n) is 2.55. The predicted octanol–water partition coefficient (Wildman–Crippen LogP) is 1.30. The molecule has 8 nitrogen and oxygen atoms in total. The van der Waals surface area contributed by atoms with Gasteiger partial charge in [0.2, 0.25) is 16.4 Å². The molecule has 20 heavy (non-hydrogen) atoms. The third kappa shape index (κ3) is 2.49. The standard InChI is InChI=1S/C10H9ClN8S/c1-6-16-17-10(18(6)2)20-9-14-7(11)13-8(15-9)19-4-3-12-5-19/h3-5H,1-2H3. The predicted molar refractivity (Wildman–Crippen MR) is 71.8 cm³/mol. The van der Waals surface area contributed by atoms with Crippen LogP contribution in [0.4, 0.5) is 0 Å². The van der Waals surface area contributed by atoms with Gasteiger partial charge in [0.15, 0.2) is 5.16 Å². The van der Waals surface area contributed by atoms with Crippen molar-refractivity contribution >= 4 is 23.4 Å². The van der Waals surface area contributed by atoms with E-state index in [1.165, 1.54) is 11.8 Å². The first kappa shape index (κ1) is 13.0. The van der Waals surface area contributed by atoms with Gasteiger partial charge in [0.25, 0.3) is 0 Å². The van der Waals surface area contributed by atoms with Gasteiger partial charge in [0, 0.05) is 19.4 Å². The highest BCUT2D eigenvalue weighted by atomic mass is 35.5. The number of halogens is 1. The van der Waals surface area contributed by atoms with E-state index < -0.39 is 0 Å². The lowest BCUT2D eigenvalue weighted by Gasteiger charge is -2.04. The average Bonchev–Trinajstić information content (AvgIpc) is 3.04. The second-order valence-corrected chi connectivity index (χ2v) is 5.12. The molecule has 3 aromatic rings. The van der Waals surface area contributed by atoms with Crippen LogP contribution in [0.15, 0.2) is 29.0 Å². The minimum absolute atomic E-state index is 0.116. The summed E-state index contributed by atoms with van der Waals surface area (Å²) in [4.78, 5) is 16.4. The summed E-state index contributed by atoms with van der Waals surface area (Å²) < 4.78 is 3.50. The number of hydrogen-bond donors (Lipinski definition) is 0. The first-order valence-electron chi connectivity index (χ1n) is 5.57. The first-order chi connectivity index (χ1) is 9.63. The number of aromatic nitrogens is 8. The summed E-state index contributed by atoms with van der Waals surface area (Å²) in [6, 6.07) is 0. The number of aryl methyl sites for hydroxylation is 1. The minimum Gasteiger partial charge on any atom is -0.309 e. The van der Waals surface area contributed by atoms with Gasteiger partial charge in [-0.1, -0.05) is 0 Å². The highest BCUT2D eigenvalue weighted by molar-refractivity contribution is 7.99. The van der Waals surface area contributed by atoms with E-state index in [4.69, 9.17) is 11.6 Å². The monoisotopic (exact) mass is 308 g/mol. The summed E-state index contributed by atoms with van der Waals surface area (Å²) >= 11 is 7.20. The molecule has 0 spiro atoms. The Bertz CT molecular complexity index is 738. The van der Waals surface area contributed by atoms with Gasteiger partial charge in [-0.15, -0.1) is 10.2 Å². The SMILES string of the molecule is Cc1nnc(Sc2nc(Cl)nc(-n3ccnc3)n2)n1C. The van der Waals surface area contributed by atoms with Gasteiger partial charge >= 0.3 is 0 Å². The van der Waals surface area contributed by atoms with Crippen LogP contribution in [-0.2, 0) is 7.05 Å². The van der Waals surface area contributed by atoms with Crippen LogP contribution in [0.2, 0.25) is 5.28 Å². The lowest BCUT2D eigenvalue weighted by molar-refractivity contribution is 0.758. The number of imidazole rings is 1. The molecule has 0 radical (unpaired) electrons. The summed E-state index contributed by atoms with van der Waals surface area (Å²) in [5.74, 6) is 1.21. The molecule has 0 unspecified atom stereocenters. The number of nitrogens with zero attached hydrogens (tertiary/aromatic N) is 8. The molecule has 0 saturated carbocycles. The molecule has 10 heteroatoms. The number of hydrogen-bond acceptors (Lipinski definition) is 7. The van der Waals surface area contributed by atoms with Gasteiger partial charge in [0.05, 0.1) is 0 Å². The average molecular weight is 309 g/mol. The lowest BCUT2D eigenvalue weighted by Crippen LogP contribution is -2.03. The highest BCUT2D eigenvalue weighted by Crippen LogP contribution is 2.23. The fourth-order valence-corrected chi connectivity index (χ4v) is 2.40. The Balaban J connectivity index is 1.96. The van der Waals surface area contributed by atoms with Crippen molar-refractivity contribution in [2.45, 2.75) is 17.2 Å². The Labute approximate surface area is 123 Å². The van der Waals surface area contributed by atoms with Crippen LogP contribution in [0.5, 0.6) is 0 Å². The molecule has 0 fully saturated rings. The Hall–Kier alpha value is -2.00. The molecular weight excluding hydrogens is 300 g/mol. The zero-order valence-electron chi connectivity index (χ0n) is 10.6. The zero-order valence-corrected chi connectivity index (χ0v) is 12.2. The van der Waals surface area contributed by atoms with Crippen molar-refractivity contribution in [1.82, 2.24) is 39.3 Å². The molecule has 3 heterocycles. The molecule has 102 valence electrons. The molecule has 0 atom stereocenters. The quantitative estimate of drug-likeness (QED) is 0.720. The third-order valence-corrected chi connectivity index (χ3v) is 3.62. The van der Waals surface area contributed by atoms with E-state index in [0.717, 1.165) is 5.82 Å². The molecule has 3 rings (SSSR count). The van der Waals surface area contributed by atoms with E-state index >= 15 is 0 Å². The maximum atomic E-state index is 5.93. The molecule has 0 bridgehead atoms. The summed E-state index contributed by atoms with van der Waals surface area (Å²) in [7, 11) is 1.87. The van der Waals surface area contributed by atoms with Crippen LogP contribution in [0, 0.1) is 6.92 Å². The summed E-state index contributed by atoms with van der Waals surface area (Å²) in [6.07, 6.45) is 4.95. The fourth-order valence-electron chi connectivity index (χ4n) is 1.42. The van der Waals surface area contributed by atoms with Crippen molar-refractivity contribution in [3.63, 3.8) is 0 Å². The fraction of sp³-hybridized carbons (Fsp3) is 0.200. The Morgan fingerprint density at radius 2 is 2.05 bits per heavy atom. The highest BCUT2D eigenvalue weighted by Gasteiger charge is 2.12. The Kier molecular flexibility index (Phi) is 3.36. The van der Waals surface area contributed by atoms with Crippen molar-refractivity contribution in [3.05, 3.63) is 29.8 Å². The maximum Gasteiger partial charge on any atom is 0.240 e. The van der Waals surface area contributed by atoms with Crippen molar-refractivity contribution in [3.8, 4) is 5.95 Å². The zero-order chi connectivity index (χ0) is 14.1. The van der Waals surface area contributed by atoms with E-state index in [9.17, 15) is 0 Å². The smallest absolute Gasteiger partial charge is 0.240 e. The molecule has 0 aliphatic carbocycles. The van der Waals surface area contributed by atoms with Crippen LogP contribution in [0.1, 0.15) is 5.82 Å². The molecular formula is C10H9ClN8S. The maximum absolute atomic E-state index is 5.93. The van der Waals surface area contributed by atoms with Gasteiger partial charge < -0.3 is 4.57 Å². The topological polar surface area (TPSA) is 87.2 Å². The summed E-state index contributed by atoms with van der Waals surface area (Å²) in [6.45, 7) is 1.87. The summed E-state index contributed by atoms with van der Waals surface area (Å²) in [5.41, 5.74) is 0. The van der Waals surface area contributed by atoms with Crippen LogP contribution in [0.25, 0.3) is 5.95 Å². The van der Waals surface area contributed by atoms with E-state index in [-0.39, 0.29) is 5.28 Å². The van der Waals surface area contributed by atoms with Gasteiger partial charge in [-0.25, -0.2) is 4.98 Å². The van der Waals surface area contributed by atoms with Crippen LogP contribution >= 0.6 is 23.4 Å². The van der Waals surface area contributed by atoms with Crippen LogP contribution < -0.4 is 0 Å². The Morgan fingerprint density at radius 1 is 1.20 bits per heavy atom. The van der Waals surface area contributed by atoms with Crippen molar-refractivity contribution in [1.29, 1.82) is 0 Å². The van der Waals surface area contributed by atoms with Crippen molar-refractivity contribution in [2.75, 3.05) is 0 Å². The molecule has 0 aromatic carbocycles. The van der Waals surface area contributed by atoms with E-state index in [0.29, 0.717) is 16.3 Å². The largest absolute Gasteiger partial charge is 0.309 e. The minimum atomic E-state index is 0.116. The van der Waals surface area contributed by atoms with Gasteiger partial charge in [-0.3, -0.25) is 4.57 Å². The van der Waals surface area contributed by atoms with E-state index in [1.54, 1.807) is 23.3 Å². The van der Waals surface area contributed by atoms with Gasteiger partial charge in [-0.05, 0) is 30.3 Å². The van der Waals surface area contributed by atoms with Crippen molar-refractivity contribution < 1.29 is 0 Å². The van der Waals surface area contributed by atoms with E-state index in [2.05, 4.69) is 30.1 Å².